The fourth-order valence-corrected chi connectivity index (χ4v) is 4.32. The third-order valence-corrected chi connectivity index (χ3v) is 6.15. The van der Waals surface area contributed by atoms with Crippen molar-refractivity contribution in [1.82, 2.24) is 15.3 Å². The number of hydrogen-bond acceptors (Lipinski definition) is 6. The lowest BCUT2D eigenvalue weighted by Gasteiger charge is -2.20. The Labute approximate surface area is 206 Å². The number of aromatic nitrogens is 2. The van der Waals surface area contributed by atoms with Crippen molar-refractivity contribution in [3.8, 4) is 0 Å². The zero-order chi connectivity index (χ0) is 25.1. The standard InChI is InChI=1S/C25H22ClFN4O4/c1-14-10-15(6-9-19(14)27)12-28-23(32)20-11-21(30-13-29-20)24(33)31(26)22-17-5-3-4-16(17)7-8-18(22)25(34)35-2/h6-11,13H,3-5,12H2,1-2H3,(H,28,32). The van der Waals surface area contributed by atoms with Crippen molar-refractivity contribution in [3.05, 3.63) is 87.7 Å². The molecule has 8 nitrogen and oxygen atoms in total. The zero-order valence-corrected chi connectivity index (χ0v) is 19.9. The van der Waals surface area contributed by atoms with E-state index in [1.165, 1.54) is 19.2 Å². The van der Waals surface area contributed by atoms with Crippen LogP contribution in [0.1, 0.15) is 60.0 Å². The second-order valence-corrected chi connectivity index (χ2v) is 8.42. The molecule has 1 aliphatic carbocycles. The van der Waals surface area contributed by atoms with Gasteiger partial charge in [-0.05, 0) is 60.6 Å². The molecule has 180 valence electrons. The van der Waals surface area contributed by atoms with E-state index in [0.29, 0.717) is 17.5 Å². The van der Waals surface area contributed by atoms with Crippen LogP contribution >= 0.6 is 11.8 Å². The summed E-state index contributed by atoms with van der Waals surface area (Å²) in [6.07, 6.45) is 3.43. The molecule has 3 aromatic rings. The van der Waals surface area contributed by atoms with E-state index < -0.39 is 17.8 Å². The average molecular weight is 497 g/mol. The van der Waals surface area contributed by atoms with Gasteiger partial charge in [-0.2, -0.15) is 0 Å². The number of hydrogen-bond donors (Lipinski definition) is 1. The number of anilines is 1. The summed E-state index contributed by atoms with van der Waals surface area (Å²) in [5.41, 5.74) is 3.24. The van der Waals surface area contributed by atoms with Gasteiger partial charge in [0.25, 0.3) is 11.8 Å². The molecular formula is C25H22ClFN4O4. The van der Waals surface area contributed by atoms with Crippen LogP contribution < -0.4 is 9.74 Å². The van der Waals surface area contributed by atoms with Crippen LogP contribution in [0.5, 0.6) is 0 Å². The highest BCUT2D eigenvalue weighted by Crippen LogP contribution is 2.36. The number of amides is 2. The lowest BCUT2D eigenvalue weighted by Crippen LogP contribution is -2.27. The number of rotatable bonds is 6. The van der Waals surface area contributed by atoms with Crippen LogP contribution in [0.3, 0.4) is 0 Å². The van der Waals surface area contributed by atoms with Gasteiger partial charge >= 0.3 is 5.97 Å². The van der Waals surface area contributed by atoms with Gasteiger partial charge in [-0.15, -0.1) is 0 Å². The molecule has 0 saturated heterocycles. The van der Waals surface area contributed by atoms with Gasteiger partial charge in [0.1, 0.15) is 23.5 Å². The van der Waals surface area contributed by atoms with Gasteiger partial charge in [-0.25, -0.2) is 23.6 Å². The first-order valence-electron chi connectivity index (χ1n) is 10.9. The number of nitrogens with one attached hydrogen (secondary N) is 1. The van der Waals surface area contributed by atoms with Gasteiger partial charge in [0.2, 0.25) is 0 Å². The molecule has 10 heteroatoms. The van der Waals surface area contributed by atoms with E-state index in [0.717, 1.165) is 34.7 Å². The van der Waals surface area contributed by atoms with Gasteiger partial charge in [0.05, 0.1) is 18.4 Å². The van der Waals surface area contributed by atoms with Crippen molar-refractivity contribution in [1.29, 1.82) is 0 Å². The quantitative estimate of drug-likeness (QED) is 0.410. The molecular weight excluding hydrogens is 475 g/mol. The van der Waals surface area contributed by atoms with E-state index in [4.69, 9.17) is 16.5 Å². The third kappa shape index (κ3) is 5.00. The number of ether oxygens (including phenoxy) is 1. The highest BCUT2D eigenvalue weighted by molar-refractivity contribution is 6.40. The summed E-state index contributed by atoms with van der Waals surface area (Å²) in [6, 6.07) is 9.18. The van der Waals surface area contributed by atoms with E-state index in [-0.39, 0.29) is 35.0 Å². The summed E-state index contributed by atoms with van der Waals surface area (Å²) < 4.78 is 19.2. The number of carbonyl (C=O) groups is 3. The molecule has 35 heavy (non-hydrogen) atoms. The molecule has 1 aromatic heterocycles. The SMILES string of the molecule is COC(=O)c1ccc2c(c1N(Cl)C(=O)c1cc(C(=O)NCc3ccc(F)c(C)c3)ncn1)CCC2. The molecule has 0 atom stereocenters. The van der Waals surface area contributed by atoms with E-state index in [1.807, 2.05) is 6.07 Å². The number of aryl methyl sites for hydroxylation is 2. The van der Waals surface area contributed by atoms with Crippen molar-refractivity contribution >= 4 is 35.2 Å². The van der Waals surface area contributed by atoms with Crippen molar-refractivity contribution in [3.63, 3.8) is 0 Å². The number of nitrogens with zero attached hydrogens (tertiary/aromatic N) is 3. The normalized spacial score (nSPS) is 12.1. The summed E-state index contributed by atoms with van der Waals surface area (Å²) in [7, 11) is 1.25. The van der Waals surface area contributed by atoms with Crippen LogP contribution in [0.4, 0.5) is 10.1 Å². The molecule has 0 spiro atoms. The van der Waals surface area contributed by atoms with Crippen molar-refractivity contribution < 1.29 is 23.5 Å². The summed E-state index contributed by atoms with van der Waals surface area (Å²) in [5.74, 6) is -2.21. The highest BCUT2D eigenvalue weighted by Gasteiger charge is 2.29. The number of methoxy groups -OCH3 is 1. The smallest absolute Gasteiger partial charge is 0.340 e. The maximum absolute atomic E-state index is 13.5. The fraction of sp³-hybridized carbons (Fsp3) is 0.240. The summed E-state index contributed by atoms with van der Waals surface area (Å²) in [6.45, 7) is 1.78. The van der Waals surface area contributed by atoms with Gasteiger partial charge in [0.15, 0.2) is 0 Å². The monoisotopic (exact) mass is 496 g/mol. The lowest BCUT2D eigenvalue weighted by atomic mass is 10.0. The van der Waals surface area contributed by atoms with Crippen LogP contribution in [0, 0.1) is 12.7 Å². The second kappa shape index (κ2) is 10.2. The molecule has 1 N–H and O–H groups in total. The number of halogens is 2. The lowest BCUT2D eigenvalue weighted by molar-refractivity contribution is 0.0601. The highest BCUT2D eigenvalue weighted by atomic mass is 35.5. The Morgan fingerprint density at radius 3 is 2.63 bits per heavy atom. The van der Waals surface area contributed by atoms with E-state index in [2.05, 4.69) is 15.3 Å². The molecule has 0 bridgehead atoms. The second-order valence-electron chi connectivity index (χ2n) is 8.09. The van der Waals surface area contributed by atoms with Gasteiger partial charge in [-0.3, -0.25) is 9.59 Å². The van der Waals surface area contributed by atoms with Crippen molar-refractivity contribution in [2.24, 2.45) is 0 Å². The third-order valence-electron chi connectivity index (χ3n) is 5.83. The van der Waals surface area contributed by atoms with Crippen LogP contribution in [-0.2, 0) is 24.1 Å². The first kappa shape index (κ1) is 24.3. The molecule has 0 aliphatic heterocycles. The average Bonchev–Trinajstić information content (AvgIpc) is 3.36. The molecule has 2 amide bonds. The molecule has 4 rings (SSSR count). The van der Waals surface area contributed by atoms with Gasteiger partial charge in [-0.1, -0.05) is 18.2 Å². The van der Waals surface area contributed by atoms with Crippen LogP contribution in [0.25, 0.3) is 0 Å². The molecule has 0 saturated carbocycles. The summed E-state index contributed by atoms with van der Waals surface area (Å²) >= 11 is 6.47. The molecule has 0 radical (unpaired) electrons. The molecule has 2 aromatic carbocycles. The Morgan fingerprint density at radius 2 is 1.89 bits per heavy atom. The number of carbonyl (C=O) groups excluding carboxylic acids is 3. The Kier molecular flexibility index (Phi) is 7.07. The number of fused-ring (bicyclic) bond motifs is 1. The maximum Gasteiger partial charge on any atom is 0.340 e. The minimum atomic E-state index is -0.720. The first-order valence-corrected chi connectivity index (χ1v) is 11.2. The Morgan fingerprint density at radius 1 is 1.11 bits per heavy atom. The predicted octanol–water partition coefficient (Wildman–Crippen LogP) is 3.93. The molecule has 0 unspecified atom stereocenters. The zero-order valence-electron chi connectivity index (χ0n) is 19.1. The Hall–Kier alpha value is -3.85. The minimum Gasteiger partial charge on any atom is -0.465 e. The van der Waals surface area contributed by atoms with E-state index in [9.17, 15) is 18.8 Å². The Balaban J connectivity index is 1.56. The van der Waals surface area contributed by atoms with Gasteiger partial charge < -0.3 is 10.1 Å². The van der Waals surface area contributed by atoms with Crippen molar-refractivity contribution in [2.45, 2.75) is 32.7 Å². The maximum atomic E-state index is 13.5. The predicted molar refractivity (Wildman–Crippen MR) is 127 cm³/mol. The van der Waals surface area contributed by atoms with Crippen LogP contribution in [-0.4, -0.2) is 34.9 Å². The van der Waals surface area contributed by atoms with Crippen LogP contribution in [0.15, 0.2) is 42.7 Å². The first-order chi connectivity index (χ1) is 16.8. The largest absolute Gasteiger partial charge is 0.465 e. The number of benzene rings is 2. The topological polar surface area (TPSA) is 101 Å². The van der Waals surface area contributed by atoms with E-state index in [1.54, 1.807) is 25.1 Å². The number of esters is 1. The van der Waals surface area contributed by atoms with Crippen LogP contribution in [0.2, 0.25) is 0 Å². The minimum absolute atomic E-state index is 0.0428. The summed E-state index contributed by atoms with van der Waals surface area (Å²) in [5, 5.41) is 2.68. The van der Waals surface area contributed by atoms with Crippen molar-refractivity contribution in [2.75, 3.05) is 11.5 Å². The molecule has 0 fully saturated rings. The van der Waals surface area contributed by atoms with E-state index >= 15 is 0 Å². The summed E-state index contributed by atoms with van der Waals surface area (Å²) in [4.78, 5) is 46.1. The molecule has 1 aliphatic rings. The molecule has 1 heterocycles. The Bertz CT molecular complexity index is 1330. The van der Waals surface area contributed by atoms with Gasteiger partial charge in [0, 0.05) is 24.4 Å². The fourth-order valence-electron chi connectivity index (χ4n) is 4.04.